The fourth-order valence-corrected chi connectivity index (χ4v) is 5.59. The molecule has 1 aliphatic carbocycles. The summed E-state index contributed by atoms with van der Waals surface area (Å²) in [6.07, 6.45) is 6.04. The summed E-state index contributed by atoms with van der Waals surface area (Å²) in [5.74, 6) is 1.87. The van der Waals surface area contributed by atoms with Crippen molar-refractivity contribution in [3.8, 4) is 5.75 Å². The van der Waals surface area contributed by atoms with Crippen molar-refractivity contribution >= 4 is 27.2 Å². The van der Waals surface area contributed by atoms with Crippen molar-refractivity contribution in [2.45, 2.75) is 38.3 Å². The van der Waals surface area contributed by atoms with Gasteiger partial charge < -0.3 is 10.1 Å². The first-order chi connectivity index (χ1) is 15.2. The van der Waals surface area contributed by atoms with Crippen LogP contribution in [0, 0.1) is 5.92 Å². The number of benzene rings is 4. The second-order valence-electron chi connectivity index (χ2n) is 9.12. The fraction of sp³-hybridized carbons (Fsp3) is 0.241. The lowest BCUT2D eigenvalue weighted by atomic mass is 9.75. The van der Waals surface area contributed by atoms with E-state index in [2.05, 4.69) is 104 Å². The van der Waals surface area contributed by atoms with Crippen LogP contribution in [0.4, 0.5) is 5.69 Å². The van der Waals surface area contributed by atoms with Gasteiger partial charge in [-0.2, -0.15) is 0 Å². The Labute approximate surface area is 183 Å². The summed E-state index contributed by atoms with van der Waals surface area (Å²) in [5.41, 5.74) is 4.02. The van der Waals surface area contributed by atoms with E-state index >= 15 is 0 Å². The number of hydrogen-bond acceptors (Lipinski definition) is 2. The van der Waals surface area contributed by atoms with Gasteiger partial charge in [0, 0.05) is 11.6 Å². The Kier molecular flexibility index (Phi) is 4.27. The largest absolute Gasteiger partial charge is 0.491 e. The molecule has 0 amide bonds. The minimum absolute atomic E-state index is 0.180. The lowest BCUT2D eigenvalue weighted by Gasteiger charge is -2.38. The van der Waals surface area contributed by atoms with Crippen molar-refractivity contribution in [3.63, 3.8) is 0 Å². The number of nitrogens with one attached hydrogen (secondary N) is 1. The third-order valence-corrected chi connectivity index (χ3v) is 6.83. The van der Waals surface area contributed by atoms with E-state index in [1.165, 1.54) is 38.4 Å². The number of ether oxygens (including phenoxy) is 1. The highest BCUT2D eigenvalue weighted by molar-refractivity contribution is 6.03. The zero-order valence-corrected chi connectivity index (χ0v) is 18.0. The first kappa shape index (κ1) is 18.5. The minimum Gasteiger partial charge on any atom is -0.491 e. The molecule has 2 aliphatic rings. The Hall–Kier alpha value is -3.26. The molecule has 1 heterocycles. The average Bonchev–Trinajstić information content (AvgIpc) is 3.27. The standard InChI is InChI=1S/C29H27NO/c1-18(2)31-21-14-15-27-26(17-21)24-12-7-13-25(24)29(30-27)28-22-10-5-3-8-19(22)16-20-9-4-6-11-23(20)28/h3-12,14-18,24-25,29-30H,13H2,1-2H3. The van der Waals surface area contributed by atoms with Crippen molar-refractivity contribution in [1.29, 1.82) is 0 Å². The second kappa shape index (κ2) is 7.16. The summed E-state index contributed by atoms with van der Waals surface area (Å²) in [6, 6.07) is 26.8. The molecule has 0 spiro atoms. The highest BCUT2D eigenvalue weighted by Crippen LogP contribution is 2.52. The highest BCUT2D eigenvalue weighted by Gasteiger charge is 2.39. The Bertz CT molecular complexity index is 1270. The van der Waals surface area contributed by atoms with Crippen LogP contribution in [-0.2, 0) is 0 Å². The van der Waals surface area contributed by atoms with E-state index < -0.39 is 0 Å². The van der Waals surface area contributed by atoms with Gasteiger partial charge in [0.1, 0.15) is 5.75 Å². The summed E-state index contributed by atoms with van der Waals surface area (Å²) < 4.78 is 6.00. The normalized spacial score (nSPS) is 21.8. The number of anilines is 1. The fourth-order valence-electron chi connectivity index (χ4n) is 5.59. The van der Waals surface area contributed by atoms with Crippen molar-refractivity contribution in [1.82, 2.24) is 0 Å². The van der Waals surface area contributed by atoms with Crippen molar-refractivity contribution in [2.24, 2.45) is 5.92 Å². The van der Waals surface area contributed by atoms with Gasteiger partial charge in [0.2, 0.25) is 0 Å². The lowest BCUT2D eigenvalue weighted by molar-refractivity contribution is 0.242. The van der Waals surface area contributed by atoms with Gasteiger partial charge in [-0.15, -0.1) is 0 Å². The van der Waals surface area contributed by atoms with Gasteiger partial charge in [-0.25, -0.2) is 0 Å². The predicted octanol–water partition coefficient (Wildman–Crippen LogP) is 7.61. The highest BCUT2D eigenvalue weighted by atomic mass is 16.5. The summed E-state index contributed by atoms with van der Waals surface area (Å²) >= 11 is 0. The zero-order chi connectivity index (χ0) is 20.9. The van der Waals surface area contributed by atoms with Gasteiger partial charge in [-0.05, 0) is 83.1 Å². The Morgan fingerprint density at radius 3 is 2.29 bits per heavy atom. The number of hydrogen-bond donors (Lipinski definition) is 1. The maximum absolute atomic E-state index is 6.00. The van der Waals surface area contributed by atoms with Crippen LogP contribution >= 0.6 is 0 Å². The molecule has 0 saturated carbocycles. The van der Waals surface area contributed by atoms with Crippen LogP contribution in [0.25, 0.3) is 21.5 Å². The molecule has 1 N–H and O–H groups in total. The summed E-state index contributed by atoms with van der Waals surface area (Å²) in [6.45, 7) is 4.16. The van der Waals surface area contributed by atoms with E-state index in [1.807, 2.05) is 0 Å². The quantitative estimate of drug-likeness (QED) is 0.280. The number of fused-ring (bicyclic) bond motifs is 5. The topological polar surface area (TPSA) is 21.3 Å². The molecule has 0 fully saturated rings. The van der Waals surface area contributed by atoms with E-state index in [4.69, 9.17) is 4.74 Å². The number of allylic oxidation sites excluding steroid dienone is 2. The van der Waals surface area contributed by atoms with Gasteiger partial charge in [-0.1, -0.05) is 60.7 Å². The van der Waals surface area contributed by atoms with Gasteiger partial charge in [0.05, 0.1) is 12.1 Å². The Balaban J connectivity index is 1.54. The molecule has 4 aromatic carbocycles. The third kappa shape index (κ3) is 3.01. The average molecular weight is 406 g/mol. The molecule has 31 heavy (non-hydrogen) atoms. The molecule has 154 valence electrons. The van der Waals surface area contributed by atoms with Gasteiger partial charge >= 0.3 is 0 Å². The third-order valence-electron chi connectivity index (χ3n) is 6.83. The Morgan fingerprint density at radius 2 is 1.58 bits per heavy atom. The van der Waals surface area contributed by atoms with Crippen LogP contribution in [-0.4, -0.2) is 6.10 Å². The molecule has 3 unspecified atom stereocenters. The molecule has 2 nitrogen and oxygen atoms in total. The molecule has 3 atom stereocenters. The molecule has 0 aromatic heterocycles. The molecule has 0 bridgehead atoms. The van der Waals surface area contributed by atoms with E-state index in [0.717, 1.165) is 12.2 Å². The van der Waals surface area contributed by atoms with Crippen molar-refractivity contribution < 1.29 is 4.74 Å². The summed E-state index contributed by atoms with van der Waals surface area (Å²) in [5, 5.41) is 9.29. The van der Waals surface area contributed by atoms with Crippen LogP contribution < -0.4 is 10.1 Å². The van der Waals surface area contributed by atoms with Gasteiger partial charge in [0.25, 0.3) is 0 Å². The molecule has 1 aliphatic heterocycles. The van der Waals surface area contributed by atoms with E-state index in [9.17, 15) is 0 Å². The molecule has 6 rings (SSSR count). The summed E-state index contributed by atoms with van der Waals surface area (Å²) in [4.78, 5) is 0. The maximum Gasteiger partial charge on any atom is 0.120 e. The smallest absolute Gasteiger partial charge is 0.120 e. The SMILES string of the molecule is CC(C)Oc1ccc2c(c1)C1C=CCC1C(c1c3ccccc3cc3ccccc13)N2. The van der Waals surface area contributed by atoms with Crippen LogP contribution in [0.5, 0.6) is 5.75 Å². The van der Waals surface area contributed by atoms with Crippen LogP contribution in [0.1, 0.15) is 43.4 Å². The zero-order valence-electron chi connectivity index (χ0n) is 18.0. The monoisotopic (exact) mass is 405 g/mol. The maximum atomic E-state index is 6.00. The van der Waals surface area contributed by atoms with E-state index in [0.29, 0.717) is 11.8 Å². The van der Waals surface area contributed by atoms with Gasteiger partial charge in [-0.3, -0.25) is 0 Å². The first-order valence-corrected chi connectivity index (χ1v) is 11.3. The van der Waals surface area contributed by atoms with Crippen molar-refractivity contribution in [3.05, 3.63) is 96.1 Å². The summed E-state index contributed by atoms with van der Waals surface area (Å²) in [7, 11) is 0. The first-order valence-electron chi connectivity index (χ1n) is 11.3. The predicted molar refractivity (Wildman–Crippen MR) is 130 cm³/mol. The molecule has 0 radical (unpaired) electrons. The lowest BCUT2D eigenvalue weighted by Crippen LogP contribution is -2.29. The van der Waals surface area contributed by atoms with Crippen LogP contribution in [0.2, 0.25) is 0 Å². The molecule has 2 heteroatoms. The number of rotatable bonds is 3. The van der Waals surface area contributed by atoms with E-state index in [-0.39, 0.29) is 12.1 Å². The van der Waals surface area contributed by atoms with Crippen LogP contribution in [0.15, 0.2) is 84.9 Å². The van der Waals surface area contributed by atoms with Crippen molar-refractivity contribution in [2.75, 3.05) is 5.32 Å². The van der Waals surface area contributed by atoms with Gasteiger partial charge in [0.15, 0.2) is 0 Å². The molecule has 0 saturated heterocycles. The second-order valence-corrected chi connectivity index (χ2v) is 9.12. The Morgan fingerprint density at radius 1 is 0.871 bits per heavy atom. The van der Waals surface area contributed by atoms with Crippen LogP contribution in [0.3, 0.4) is 0 Å². The van der Waals surface area contributed by atoms with E-state index in [1.54, 1.807) is 0 Å². The molecular formula is C29H27NO. The molecule has 4 aromatic rings. The minimum atomic E-state index is 0.180. The molecular weight excluding hydrogens is 378 g/mol.